The van der Waals surface area contributed by atoms with Gasteiger partial charge in [-0.25, -0.2) is 15.0 Å². The summed E-state index contributed by atoms with van der Waals surface area (Å²) in [5.41, 5.74) is 3.17. The van der Waals surface area contributed by atoms with Crippen LogP contribution in [0.3, 0.4) is 0 Å². The van der Waals surface area contributed by atoms with Crippen LogP contribution in [-0.2, 0) is 9.47 Å². The van der Waals surface area contributed by atoms with Crippen molar-refractivity contribution in [1.82, 2.24) is 19.9 Å². The Labute approximate surface area is 215 Å². The molecule has 1 N–H and O–H groups in total. The molecule has 0 spiro atoms. The molecule has 0 bridgehead atoms. The Morgan fingerprint density at radius 2 is 1.67 bits per heavy atom. The van der Waals surface area contributed by atoms with Crippen LogP contribution in [0.4, 0.5) is 5.95 Å². The SMILES string of the molecule is O=C(c1ccc(-c2cnc(Cl)c3cnc(N[C@H]4CC[C@H](OC5CC5)CC4)nc23)cc1)N1CCOCC1. The molecule has 1 aliphatic heterocycles. The van der Waals surface area contributed by atoms with Gasteiger partial charge in [-0.15, -0.1) is 0 Å². The van der Waals surface area contributed by atoms with E-state index in [0.29, 0.717) is 66.6 Å². The summed E-state index contributed by atoms with van der Waals surface area (Å²) in [5.74, 6) is 0.617. The first-order chi connectivity index (χ1) is 17.6. The monoisotopic (exact) mass is 507 g/mol. The number of hydrogen-bond acceptors (Lipinski definition) is 7. The minimum Gasteiger partial charge on any atom is -0.378 e. The molecule has 0 radical (unpaired) electrons. The molecule has 2 aromatic heterocycles. The van der Waals surface area contributed by atoms with Crippen molar-refractivity contribution < 1.29 is 14.3 Å². The van der Waals surface area contributed by atoms with E-state index in [9.17, 15) is 4.79 Å². The number of halogens is 1. The molecule has 2 aliphatic carbocycles. The second-order valence-corrected chi connectivity index (χ2v) is 10.2. The van der Waals surface area contributed by atoms with Gasteiger partial charge in [0.05, 0.1) is 36.3 Å². The molecule has 9 heteroatoms. The number of fused-ring (bicyclic) bond motifs is 1. The number of benzene rings is 1. The van der Waals surface area contributed by atoms with Crippen molar-refractivity contribution in [2.45, 2.75) is 56.8 Å². The minimum absolute atomic E-state index is 0.0232. The van der Waals surface area contributed by atoms with Crippen LogP contribution in [0.5, 0.6) is 0 Å². The number of amides is 1. The van der Waals surface area contributed by atoms with Crippen LogP contribution >= 0.6 is 11.6 Å². The van der Waals surface area contributed by atoms with E-state index in [1.54, 1.807) is 12.4 Å². The second-order valence-electron chi connectivity index (χ2n) is 9.85. The van der Waals surface area contributed by atoms with E-state index in [4.69, 9.17) is 26.1 Å². The van der Waals surface area contributed by atoms with E-state index in [2.05, 4.69) is 15.3 Å². The number of anilines is 1. The smallest absolute Gasteiger partial charge is 0.254 e. The Kier molecular flexibility index (Phi) is 6.73. The third-order valence-corrected chi connectivity index (χ3v) is 7.53. The molecule has 0 unspecified atom stereocenters. The van der Waals surface area contributed by atoms with Crippen molar-refractivity contribution in [2.75, 3.05) is 31.6 Å². The minimum atomic E-state index is 0.0232. The first kappa shape index (κ1) is 23.6. The Balaban J connectivity index is 1.20. The molecule has 3 heterocycles. The van der Waals surface area contributed by atoms with Crippen LogP contribution in [0.1, 0.15) is 48.9 Å². The fourth-order valence-corrected chi connectivity index (χ4v) is 5.20. The van der Waals surface area contributed by atoms with Crippen molar-refractivity contribution in [3.63, 3.8) is 0 Å². The number of pyridine rings is 1. The predicted octanol–water partition coefficient (Wildman–Crippen LogP) is 4.72. The fraction of sp³-hybridized carbons (Fsp3) is 0.481. The van der Waals surface area contributed by atoms with Crippen LogP contribution in [0.25, 0.3) is 22.0 Å². The molecule has 8 nitrogen and oxygen atoms in total. The topological polar surface area (TPSA) is 89.5 Å². The van der Waals surface area contributed by atoms with Gasteiger partial charge in [-0.3, -0.25) is 4.79 Å². The van der Waals surface area contributed by atoms with Gasteiger partial charge in [0.25, 0.3) is 5.91 Å². The van der Waals surface area contributed by atoms with E-state index >= 15 is 0 Å². The zero-order valence-electron chi connectivity index (χ0n) is 20.2. The van der Waals surface area contributed by atoms with E-state index in [-0.39, 0.29) is 5.91 Å². The van der Waals surface area contributed by atoms with Crippen molar-refractivity contribution in [3.05, 3.63) is 47.4 Å². The van der Waals surface area contributed by atoms with Gasteiger partial charge >= 0.3 is 0 Å². The van der Waals surface area contributed by atoms with Crippen LogP contribution < -0.4 is 5.32 Å². The average Bonchev–Trinajstić information content (AvgIpc) is 3.74. The number of ether oxygens (including phenoxy) is 2. The lowest BCUT2D eigenvalue weighted by Crippen LogP contribution is -2.40. The summed E-state index contributed by atoms with van der Waals surface area (Å²) in [6.45, 7) is 2.40. The Morgan fingerprint density at radius 3 is 2.36 bits per heavy atom. The van der Waals surface area contributed by atoms with E-state index in [1.807, 2.05) is 29.2 Å². The summed E-state index contributed by atoms with van der Waals surface area (Å²) in [5, 5.41) is 4.60. The summed E-state index contributed by atoms with van der Waals surface area (Å²) in [6.07, 6.45) is 11.0. The van der Waals surface area contributed by atoms with Gasteiger partial charge in [0.1, 0.15) is 5.15 Å². The number of morpholine rings is 1. The maximum absolute atomic E-state index is 12.8. The third kappa shape index (κ3) is 5.16. The molecule has 1 aromatic carbocycles. The molecule has 0 atom stereocenters. The van der Waals surface area contributed by atoms with Crippen molar-refractivity contribution >= 4 is 34.4 Å². The molecule has 1 saturated heterocycles. The van der Waals surface area contributed by atoms with E-state index in [0.717, 1.165) is 42.3 Å². The lowest BCUT2D eigenvalue weighted by molar-refractivity contribution is 0.0146. The summed E-state index contributed by atoms with van der Waals surface area (Å²) in [6, 6.07) is 7.92. The molecule has 36 heavy (non-hydrogen) atoms. The summed E-state index contributed by atoms with van der Waals surface area (Å²) < 4.78 is 11.4. The maximum Gasteiger partial charge on any atom is 0.254 e. The van der Waals surface area contributed by atoms with Gasteiger partial charge in [0.2, 0.25) is 5.95 Å². The van der Waals surface area contributed by atoms with Crippen LogP contribution in [0, 0.1) is 0 Å². The second kappa shape index (κ2) is 10.3. The Bertz CT molecular complexity index is 1240. The molecular weight excluding hydrogens is 478 g/mol. The van der Waals surface area contributed by atoms with Crippen LogP contribution in [0.2, 0.25) is 5.15 Å². The Hall–Kier alpha value is -2.81. The lowest BCUT2D eigenvalue weighted by Gasteiger charge is -2.29. The zero-order chi connectivity index (χ0) is 24.5. The molecule has 1 amide bonds. The number of hydrogen-bond donors (Lipinski definition) is 1. The first-order valence-corrected chi connectivity index (χ1v) is 13.2. The van der Waals surface area contributed by atoms with Crippen LogP contribution in [0.15, 0.2) is 36.7 Å². The van der Waals surface area contributed by atoms with Crippen molar-refractivity contribution in [1.29, 1.82) is 0 Å². The fourth-order valence-electron chi connectivity index (χ4n) is 5.01. The maximum atomic E-state index is 12.8. The molecule has 6 rings (SSSR count). The van der Waals surface area contributed by atoms with Gasteiger partial charge in [-0.2, -0.15) is 0 Å². The van der Waals surface area contributed by atoms with Gasteiger partial charge in [-0.1, -0.05) is 23.7 Å². The van der Waals surface area contributed by atoms with Crippen LogP contribution in [-0.4, -0.2) is 70.3 Å². The average molecular weight is 508 g/mol. The summed E-state index contributed by atoms with van der Waals surface area (Å²) in [4.78, 5) is 28.4. The molecular formula is C27H30ClN5O3. The predicted molar refractivity (Wildman–Crippen MR) is 138 cm³/mol. The summed E-state index contributed by atoms with van der Waals surface area (Å²) in [7, 11) is 0. The molecule has 3 aromatic rings. The lowest BCUT2D eigenvalue weighted by atomic mass is 9.93. The highest BCUT2D eigenvalue weighted by molar-refractivity contribution is 6.34. The molecule has 188 valence electrons. The standard InChI is InChI=1S/C27H30ClN5O3/c28-25-23-16-30-27(31-19-5-7-20(8-6-19)36-21-9-10-21)32-24(23)22(15-29-25)17-1-3-18(4-2-17)26(34)33-11-13-35-14-12-33/h1-4,15-16,19-21H,5-14H2,(H,30,31,32)/t19-,20-. The summed E-state index contributed by atoms with van der Waals surface area (Å²) >= 11 is 6.39. The van der Waals surface area contributed by atoms with Gasteiger partial charge < -0.3 is 19.7 Å². The largest absolute Gasteiger partial charge is 0.378 e. The van der Waals surface area contributed by atoms with Crippen molar-refractivity contribution in [2.24, 2.45) is 0 Å². The number of carbonyl (C=O) groups is 1. The molecule has 3 fully saturated rings. The number of nitrogens with zero attached hydrogens (tertiary/aromatic N) is 4. The van der Waals surface area contributed by atoms with Gasteiger partial charge in [0.15, 0.2) is 0 Å². The zero-order valence-corrected chi connectivity index (χ0v) is 20.9. The normalized spacial score (nSPS) is 22.5. The highest BCUT2D eigenvalue weighted by Crippen LogP contribution is 2.33. The van der Waals surface area contributed by atoms with E-state index < -0.39 is 0 Å². The van der Waals surface area contributed by atoms with Gasteiger partial charge in [-0.05, 0) is 56.2 Å². The quantitative estimate of drug-likeness (QED) is 0.483. The molecule has 3 aliphatic rings. The first-order valence-electron chi connectivity index (χ1n) is 12.8. The number of carbonyl (C=O) groups excluding carboxylic acids is 1. The highest BCUT2D eigenvalue weighted by Gasteiger charge is 2.29. The highest BCUT2D eigenvalue weighted by atomic mass is 35.5. The third-order valence-electron chi connectivity index (χ3n) is 7.23. The Morgan fingerprint density at radius 1 is 0.972 bits per heavy atom. The van der Waals surface area contributed by atoms with Gasteiger partial charge in [0, 0.05) is 42.7 Å². The molecule has 2 saturated carbocycles. The number of aromatic nitrogens is 3. The number of rotatable bonds is 6. The van der Waals surface area contributed by atoms with Crippen molar-refractivity contribution in [3.8, 4) is 11.1 Å². The number of nitrogens with one attached hydrogen (secondary N) is 1. The van der Waals surface area contributed by atoms with E-state index in [1.165, 1.54) is 12.8 Å².